The molecule has 0 saturated carbocycles. The van der Waals surface area contributed by atoms with Crippen molar-refractivity contribution in [3.63, 3.8) is 0 Å². The second-order valence-electron chi connectivity index (χ2n) is 3.61. The van der Waals surface area contributed by atoms with Crippen LogP contribution >= 0.6 is 7.37 Å². The van der Waals surface area contributed by atoms with Crippen LogP contribution in [0, 0.1) is 0 Å². The molecule has 0 N–H and O–H groups in total. The largest absolute Gasteiger partial charge is 0.442 e. The number of hydrogen-bond acceptors (Lipinski definition) is 2. The average molecular weight is 208 g/mol. The normalized spacial score (nSPS) is 25.9. The molecule has 1 aliphatic heterocycles. The zero-order valence-electron chi connectivity index (χ0n) is 8.14. The van der Waals surface area contributed by atoms with Gasteiger partial charge >= 0.3 is 0 Å². The maximum absolute atomic E-state index is 12.1. The van der Waals surface area contributed by atoms with Gasteiger partial charge in [-0.15, -0.1) is 0 Å². The molecule has 1 aromatic rings. The zero-order chi connectivity index (χ0) is 10.0. The third kappa shape index (κ3) is 2.08. The van der Waals surface area contributed by atoms with Crippen molar-refractivity contribution in [3.8, 4) is 5.75 Å². The molecule has 1 unspecified atom stereocenters. The van der Waals surface area contributed by atoms with Crippen molar-refractivity contribution in [2.24, 2.45) is 0 Å². The quantitative estimate of drug-likeness (QED) is 0.550. The molecule has 0 fully saturated rings. The summed E-state index contributed by atoms with van der Waals surface area (Å²) in [5.74, 6) is 0.707. The Labute approximate surface area is 84.1 Å². The van der Waals surface area contributed by atoms with Gasteiger partial charge in [-0.3, -0.25) is 4.57 Å². The van der Waals surface area contributed by atoms with Crippen molar-refractivity contribution >= 4 is 7.37 Å². The Hall–Kier alpha value is -1.01. The van der Waals surface area contributed by atoms with E-state index in [1.807, 2.05) is 43.3 Å². The highest BCUT2D eigenvalue weighted by atomic mass is 31.2. The average Bonchev–Trinajstić information content (AvgIpc) is 2.47. The highest BCUT2D eigenvalue weighted by Crippen LogP contribution is 2.52. The number of allylic oxidation sites excluding steroid dienone is 2. The molecule has 1 atom stereocenters. The summed E-state index contributed by atoms with van der Waals surface area (Å²) >= 11 is 0. The third-order valence-electron chi connectivity index (χ3n) is 2.22. The van der Waals surface area contributed by atoms with E-state index in [-0.39, 0.29) is 0 Å². The Morgan fingerprint density at radius 1 is 1.29 bits per heavy atom. The van der Waals surface area contributed by atoms with Gasteiger partial charge in [0.2, 0.25) is 0 Å². The molecule has 3 heteroatoms. The van der Waals surface area contributed by atoms with E-state index >= 15 is 0 Å². The van der Waals surface area contributed by atoms with Gasteiger partial charge in [-0.25, -0.2) is 0 Å². The third-order valence-corrected chi connectivity index (χ3v) is 4.49. The lowest BCUT2D eigenvalue weighted by molar-refractivity contribution is 0.489. The summed E-state index contributed by atoms with van der Waals surface area (Å²) in [7, 11) is -2.44. The van der Waals surface area contributed by atoms with Crippen LogP contribution < -0.4 is 4.52 Å². The van der Waals surface area contributed by atoms with Crippen LogP contribution in [0.2, 0.25) is 0 Å². The predicted octanol–water partition coefficient (Wildman–Crippen LogP) is 3.30. The molecule has 0 aromatic heterocycles. The SMILES string of the molecule is CC1=CCP(=O)(Oc2ccccc2)C1. The Morgan fingerprint density at radius 2 is 2.00 bits per heavy atom. The first-order valence-corrected chi connectivity index (χ1v) is 6.66. The lowest BCUT2D eigenvalue weighted by Crippen LogP contribution is -1.95. The Balaban J connectivity index is 2.10. The van der Waals surface area contributed by atoms with Crippen molar-refractivity contribution in [2.45, 2.75) is 6.92 Å². The van der Waals surface area contributed by atoms with Crippen LogP contribution in [0.15, 0.2) is 42.0 Å². The van der Waals surface area contributed by atoms with Gasteiger partial charge in [-0.05, 0) is 19.1 Å². The molecule has 14 heavy (non-hydrogen) atoms. The van der Waals surface area contributed by atoms with Gasteiger partial charge in [0.25, 0.3) is 7.37 Å². The smallest absolute Gasteiger partial charge is 0.255 e. The van der Waals surface area contributed by atoms with E-state index in [4.69, 9.17) is 4.52 Å². The van der Waals surface area contributed by atoms with E-state index in [0.717, 1.165) is 0 Å². The molecule has 0 spiro atoms. The number of benzene rings is 1. The van der Waals surface area contributed by atoms with Crippen LogP contribution in [0.5, 0.6) is 5.75 Å². The molecule has 1 aromatic carbocycles. The van der Waals surface area contributed by atoms with Crippen molar-refractivity contribution in [1.29, 1.82) is 0 Å². The molecule has 2 rings (SSSR count). The maximum Gasteiger partial charge on any atom is 0.255 e. The molecule has 0 amide bonds. The second-order valence-corrected chi connectivity index (χ2v) is 6.10. The maximum atomic E-state index is 12.1. The Kier molecular flexibility index (Phi) is 2.47. The fraction of sp³-hybridized carbons (Fsp3) is 0.273. The fourth-order valence-corrected chi connectivity index (χ4v) is 3.80. The first-order valence-electron chi connectivity index (χ1n) is 4.66. The van der Waals surface area contributed by atoms with Crippen molar-refractivity contribution in [3.05, 3.63) is 42.0 Å². The summed E-state index contributed by atoms with van der Waals surface area (Å²) in [6.07, 6.45) is 3.18. The van der Waals surface area contributed by atoms with Gasteiger partial charge in [-0.1, -0.05) is 29.8 Å². The molecule has 0 aliphatic carbocycles. The van der Waals surface area contributed by atoms with Crippen LogP contribution in [0.25, 0.3) is 0 Å². The van der Waals surface area contributed by atoms with Crippen molar-refractivity contribution in [2.75, 3.05) is 12.3 Å². The van der Waals surface area contributed by atoms with Crippen LogP contribution in [-0.4, -0.2) is 12.3 Å². The molecule has 1 aliphatic rings. The van der Waals surface area contributed by atoms with Crippen LogP contribution in [0.3, 0.4) is 0 Å². The molecule has 2 nitrogen and oxygen atoms in total. The summed E-state index contributed by atoms with van der Waals surface area (Å²) in [5.41, 5.74) is 1.17. The van der Waals surface area contributed by atoms with E-state index in [2.05, 4.69) is 0 Å². The molecule has 0 radical (unpaired) electrons. The van der Waals surface area contributed by atoms with Crippen LogP contribution in [-0.2, 0) is 4.57 Å². The highest BCUT2D eigenvalue weighted by molar-refractivity contribution is 7.60. The van der Waals surface area contributed by atoms with Crippen LogP contribution in [0.1, 0.15) is 6.92 Å². The molecular weight excluding hydrogens is 195 g/mol. The van der Waals surface area contributed by atoms with Crippen molar-refractivity contribution < 1.29 is 9.09 Å². The fourth-order valence-electron chi connectivity index (χ4n) is 1.55. The Morgan fingerprint density at radius 3 is 2.57 bits per heavy atom. The van der Waals surface area contributed by atoms with Crippen molar-refractivity contribution in [1.82, 2.24) is 0 Å². The zero-order valence-corrected chi connectivity index (χ0v) is 9.04. The monoisotopic (exact) mass is 208 g/mol. The number of para-hydroxylation sites is 1. The summed E-state index contributed by atoms with van der Waals surface area (Å²) in [5, 5.41) is 0. The van der Waals surface area contributed by atoms with Gasteiger partial charge in [-0.2, -0.15) is 0 Å². The summed E-state index contributed by atoms with van der Waals surface area (Å²) < 4.78 is 17.7. The summed E-state index contributed by atoms with van der Waals surface area (Å²) in [6.45, 7) is 1.99. The first-order chi connectivity index (χ1) is 6.68. The highest BCUT2D eigenvalue weighted by Gasteiger charge is 2.28. The number of rotatable bonds is 2. The first kappa shape index (κ1) is 9.54. The second kappa shape index (κ2) is 3.62. The molecule has 0 saturated heterocycles. The van der Waals surface area contributed by atoms with E-state index in [1.165, 1.54) is 5.57 Å². The van der Waals surface area contributed by atoms with E-state index < -0.39 is 7.37 Å². The Bertz CT molecular complexity index is 395. The molecule has 74 valence electrons. The summed E-state index contributed by atoms with van der Waals surface area (Å²) in [4.78, 5) is 0. The van der Waals surface area contributed by atoms with Gasteiger partial charge < -0.3 is 4.52 Å². The van der Waals surface area contributed by atoms with Crippen LogP contribution in [0.4, 0.5) is 0 Å². The lowest BCUT2D eigenvalue weighted by Gasteiger charge is -2.13. The minimum atomic E-state index is -2.44. The molecule has 1 heterocycles. The van der Waals surface area contributed by atoms with Gasteiger partial charge in [0.15, 0.2) is 0 Å². The van der Waals surface area contributed by atoms with Gasteiger partial charge in [0.05, 0.1) is 12.3 Å². The topological polar surface area (TPSA) is 26.3 Å². The minimum Gasteiger partial charge on any atom is -0.442 e. The van der Waals surface area contributed by atoms with E-state index in [1.54, 1.807) is 0 Å². The lowest BCUT2D eigenvalue weighted by atomic mass is 10.3. The van der Waals surface area contributed by atoms with E-state index in [9.17, 15) is 4.57 Å². The molecular formula is C11H13O2P. The summed E-state index contributed by atoms with van der Waals surface area (Å²) in [6, 6.07) is 9.37. The van der Waals surface area contributed by atoms with E-state index in [0.29, 0.717) is 18.1 Å². The predicted molar refractivity (Wildman–Crippen MR) is 58.2 cm³/mol. The standard InChI is InChI=1S/C11H13O2P/c1-10-7-8-14(12,9-10)13-11-5-3-2-4-6-11/h2-7H,8-9H2,1H3. The number of hydrogen-bond donors (Lipinski definition) is 0. The van der Waals surface area contributed by atoms with Gasteiger partial charge in [0.1, 0.15) is 5.75 Å². The minimum absolute atomic E-state index is 0.577. The molecule has 0 bridgehead atoms. The van der Waals surface area contributed by atoms with Gasteiger partial charge in [0, 0.05) is 0 Å².